The molecule has 0 spiro atoms. The van der Waals surface area contributed by atoms with Crippen molar-refractivity contribution in [3.8, 4) is 0 Å². The van der Waals surface area contributed by atoms with Gasteiger partial charge in [-0.05, 0) is 79.6 Å². The molecular formula is C102H113F2N3O21P2. The van der Waals surface area contributed by atoms with Crippen LogP contribution in [0.4, 0.5) is 8.78 Å². The molecule has 2 aliphatic rings. The van der Waals surface area contributed by atoms with Crippen molar-refractivity contribution in [3.05, 3.63) is 405 Å². The number of azide groups is 1. The van der Waals surface area contributed by atoms with Crippen LogP contribution in [-0.4, -0.2) is 139 Å². The molecule has 13 rings (SSSR count). The molecule has 686 valence electrons. The molecule has 2 aliphatic heterocycles. The maximum Gasteiger partial charge on any atom is 0.475 e. The summed E-state index contributed by atoms with van der Waals surface area (Å²) in [5.41, 5.74) is 17.1. The number of benzene rings is 11. The maximum atomic E-state index is 19.9. The third-order valence-corrected chi connectivity index (χ3v) is 24.3. The van der Waals surface area contributed by atoms with Crippen molar-refractivity contribution in [2.24, 2.45) is 5.11 Å². The van der Waals surface area contributed by atoms with E-state index in [1.807, 2.05) is 309 Å². The van der Waals surface area contributed by atoms with Gasteiger partial charge in [0.05, 0.1) is 119 Å². The molecule has 11 aromatic carbocycles. The lowest BCUT2D eigenvalue weighted by Crippen LogP contribution is -2.51. The van der Waals surface area contributed by atoms with Gasteiger partial charge in [0.25, 0.3) is 5.85 Å². The fourth-order valence-corrected chi connectivity index (χ4v) is 17.1. The van der Waals surface area contributed by atoms with Crippen molar-refractivity contribution in [1.29, 1.82) is 0 Å². The third-order valence-electron chi connectivity index (χ3n) is 21.5. The lowest BCUT2D eigenvalue weighted by molar-refractivity contribution is -0.230. The predicted molar refractivity (Wildman–Crippen MR) is 485 cm³/mol. The van der Waals surface area contributed by atoms with E-state index in [9.17, 15) is 0 Å². The molecule has 130 heavy (non-hydrogen) atoms. The fourth-order valence-electron chi connectivity index (χ4n) is 14.5. The second kappa shape index (κ2) is 53.7. The maximum absolute atomic E-state index is 19.9. The minimum Gasteiger partial charge on any atom is -0.374 e. The molecule has 0 amide bonds. The molecular weight excluding hydrogens is 1700 g/mol. The molecule has 15 atom stereocenters. The standard InChI is InChI=1S/C102H113F2N3O21P2/c103-96-99(118-69-87-53-29-9-30-54-87)94(72-110-61-79-37-13-1-14-38-79)127-101(96)119-74-90(112-63-81-41-17-3-18-42-81)97(116-67-85-49-25-7-26-50-85)93(115-66-84-47-23-6-24-48-84)77-126-130(109,124-71-89-57-33-11-34-58-89)128-100-95(73-111-62-80-39-15-2-16-40-80)120-78-102(100,104)121-75-91(113-64-82-43-19-4-20-44-82)98(117-68-86-51-27-8-28-52-86)92(114-65-83-45-21-5-22-46-83)76-125-129(108,122-60-36-12-35-59-106-107-105)123-70-88-55-31-10-32-56-88/h1-11,13-34,37-58,90-101H,12,35-36,59-78H2/t90?,91?,92?,93?,94-,95-,96+,97?,98?,99?,100?,101-,102-,129?,130?/m1/s1. The second-order valence-electron chi connectivity index (χ2n) is 31.3. The number of hydrogen-bond acceptors (Lipinski definition) is 22. The molecule has 0 radical (unpaired) electrons. The van der Waals surface area contributed by atoms with Gasteiger partial charge in [-0.1, -0.05) is 345 Å². The van der Waals surface area contributed by atoms with Gasteiger partial charge in [-0.3, -0.25) is 27.1 Å². The average Bonchev–Trinajstić information content (AvgIpc) is 1.65. The highest BCUT2D eigenvalue weighted by atomic mass is 31.2. The number of halogens is 2. The first-order valence-corrected chi connectivity index (χ1v) is 46.7. The monoisotopic (exact) mass is 1820 g/mol. The van der Waals surface area contributed by atoms with Gasteiger partial charge in [-0.2, -0.15) is 0 Å². The Labute approximate surface area is 759 Å². The number of hydrogen-bond donors (Lipinski definition) is 0. The molecule has 0 N–H and O–H groups in total. The minimum absolute atomic E-state index is 0.0241. The number of rotatable bonds is 60. The molecule has 11 aromatic rings. The Hall–Kier alpha value is -9.71. The number of phosphoric acid groups is 2. The Morgan fingerprint density at radius 1 is 0.369 bits per heavy atom. The van der Waals surface area contributed by atoms with Crippen molar-refractivity contribution < 1.29 is 107 Å². The Morgan fingerprint density at radius 2 is 0.700 bits per heavy atom. The zero-order chi connectivity index (χ0) is 89.8. The first kappa shape index (κ1) is 97.8. The molecule has 2 heterocycles. The SMILES string of the molecule is [N-]=[N+]=NCCCCCOP(=O)(OCc1ccccc1)OCC(OCc1ccccc1)C(OCc1ccccc1)C(CO[C@]1(F)CO[C@H](COCc2ccccc2)C1OP(=O)(OCc1ccccc1)OCC(OCc1ccccc1)C(OCc1ccccc1)C(CO[C@@H]1O[C@H](COCc2ccccc2)C(OCc2ccccc2)[C@@H]1F)OCc1ccccc1)OCc1ccccc1. The first-order chi connectivity index (χ1) is 63.9. The van der Waals surface area contributed by atoms with Crippen LogP contribution in [0.2, 0.25) is 0 Å². The van der Waals surface area contributed by atoms with Crippen LogP contribution in [0.25, 0.3) is 10.4 Å². The van der Waals surface area contributed by atoms with Gasteiger partial charge in [0.2, 0.25) is 0 Å². The predicted octanol–water partition coefficient (Wildman–Crippen LogP) is 21.2. The van der Waals surface area contributed by atoms with Crippen LogP contribution in [-0.2, 0) is 171 Å². The smallest absolute Gasteiger partial charge is 0.374 e. The van der Waals surface area contributed by atoms with Crippen molar-refractivity contribution in [2.75, 3.05) is 59.4 Å². The fraction of sp³-hybridized carbons (Fsp3) is 0.353. The number of nitrogens with zero attached hydrogens (tertiary/aromatic N) is 3. The Morgan fingerprint density at radius 3 is 1.09 bits per heavy atom. The van der Waals surface area contributed by atoms with Crippen LogP contribution in [0.1, 0.15) is 80.5 Å². The number of ether oxygens (including phenoxy) is 13. The Bertz CT molecular complexity index is 5090. The summed E-state index contributed by atoms with van der Waals surface area (Å²) in [6.07, 6.45) is -15.2. The van der Waals surface area contributed by atoms with E-state index in [2.05, 4.69) is 10.0 Å². The molecule has 0 aliphatic carbocycles. The minimum atomic E-state index is -5.32. The molecule has 2 saturated heterocycles. The van der Waals surface area contributed by atoms with Gasteiger partial charge in [0, 0.05) is 11.5 Å². The zero-order valence-corrected chi connectivity index (χ0v) is 74.3. The van der Waals surface area contributed by atoms with E-state index in [1.54, 1.807) is 24.3 Å². The summed E-state index contributed by atoms with van der Waals surface area (Å²) in [7, 11) is -9.86. The van der Waals surface area contributed by atoms with Crippen molar-refractivity contribution in [3.63, 3.8) is 0 Å². The molecule has 10 unspecified atom stereocenters. The van der Waals surface area contributed by atoms with E-state index in [0.29, 0.717) is 36.0 Å². The van der Waals surface area contributed by atoms with E-state index in [1.165, 1.54) is 0 Å². The van der Waals surface area contributed by atoms with Gasteiger partial charge < -0.3 is 61.6 Å². The lowest BCUT2D eigenvalue weighted by Gasteiger charge is -2.36. The first-order valence-electron chi connectivity index (χ1n) is 43.8. The normalized spacial score (nSPS) is 19.7. The van der Waals surface area contributed by atoms with Gasteiger partial charge >= 0.3 is 15.6 Å². The van der Waals surface area contributed by atoms with Crippen LogP contribution in [0.15, 0.2) is 339 Å². The van der Waals surface area contributed by atoms with E-state index in [4.69, 9.17) is 94.3 Å². The third kappa shape index (κ3) is 32.6. The largest absolute Gasteiger partial charge is 0.475 e. The highest BCUT2D eigenvalue weighted by Gasteiger charge is 2.58. The van der Waals surface area contributed by atoms with Crippen LogP contribution >= 0.6 is 15.6 Å². The summed E-state index contributed by atoms with van der Waals surface area (Å²) >= 11 is 0. The average molecular weight is 1820 g/mol. The van der Waals surface area contributed by atoms with E-state index in [-0.39, 0.29) is 92.4 Å². The van der Waals surface area contributed by atoms with Crippen LogP contribution in [0.5, 0.6) is 0 Å². The summed E-state index contributed by atoms with van der Waals surface area (Å²) in [6, 6.07) is 102. The van der Waals surface area contributed by atoms with Gasteiger partial charge in [0.1, 0.15) is 61.5 Å². The molecule has 28 heteroatoms. The number of alkyl halides is 2. The van der Waals surface area contributed by atoms with Crippen molar-refractivity contribution in [2.45, 2.75) is 171 Å². The van der Waals surface area contributed by atoms with E-state index >= 15 is 17.9 Å². The summed E-state index contributed by atoms with van der Waals surface area (Å²) in [5.74, 6) is -3.10. The van der Waals surface area contributed by atoms with E-state index in [0.717, 1.165) is 44.5 Å². The van der Waals surface area contributed by atoms with Crippen LogP contribution in [0, 0.1) is 0 Å². The quantitative estimate of drug-likeness (QED) is 0.0113. The highest BCUT2D eigenvalue weighted by Crippen LogP contribution is 2.56. The second-order valence-corrected chi connectivity index (χ2v) is 34.6. The summed E-state index contributed by atoms with van der Waals surface area (Å²) < 4.78 is 196. The zero-order valence-electron chi connectivity index (χ0n) is 72.5. The highest BCUT2D eigenvalue weighted by molar-refractivity contribution is 7.48. The van der Waals surface area contributed by atoms with Crippen molar-refractivity contribution in [1.82, 2.24) is 0 Å². The lowest BCUT2D eigenvalue weighted by atomic mass is 10.1. The van der Waals surface area contributed by atoms with Gasteiger partial charge in [0.15, 0.2) is 18.6 Å². The van der Waals surface area contributed by atoms with Crippen molar-refractivity contribution >= 4 is 15.6 Å². The molecule has 24 nitrogen and oxygen atoms in total. The molecule has 2 fully saturated rings. The number of unbranched alkanes of at least 4 members (excludes halogenated alkanes) is 2. The Kier molecular flexibility index (Phi) is 40.4. The van der Waals surface area contributed by atoms with Gasteiger partial charge in [-0.25, -0.2) is 17.9 Å². The Balaban J connectivity index is 0.853. The topological polar surface area (TPSA) is 258 Å². The number of phosphoric ester groups is 2. The van der Waals surface area contributed by atoms with Gasteiger partial charge in [-0.15, -0.1) is 0 Å². The molecule has 0 aromatic heterocycles. The van der Waals surface area contributed by atoms with Crippen LogP contribution < -0.4 is 0 Å². The van der Waals surface area contributed by atoms with Crippen LogP contribution in [0.3, 0.4) is 0 Å². The molecule has 0 bridgehead atoms. The summed E-state index contributed by atoms with van der Waals surface area (Å²) in [6.45, 7) is -3.97. The summed E-state index contributed by atoms with van der Waals surface area (Å²) in [5, 5.41) is 3.65. The molecule has 0 saturated carbocycles. The summed E-state index contributed by atoms with van der Waals surface area (Å²) in [4.78, 5) is 2.87. The van der Waals surface area contributed by atoms with E-state index < -0.39 is 135 Å².